The molecule has 1 N–H and O–H groups in total. The molecule has 0 spiro atoms. The molecule has 0 aliphatic carbocycles. The largest absolute Gasteiger partial charge is 0.354 e. The zero-order chi connectivity index (χ0) is 21.3. The number of piperazine rings is 1. The first-order valence-corrected chi connectivity index (χ1v) is 11.6. The fourth-order valence-electron chi connectivity index (χ4n) is 4.39. The smallest absolute Gasteiger partial charge is 0.237 e. The summed E-state index contributed by atoms with van der Waals surface area (Å²) >= 11 is 0. The molecule has 166 valence electrons. The minimum atomic E-state index is -0.142. The molecule has 2 heterocycles. The van der Waals surface area contributed by atoms with Gasteiger partial charge in [-0.25, -0.2) is 0 Å². The van der Waals surface area contributed by atoms with Crippen molar-refractivity contribution in [2.24, 2.45) is 0 Å². The van der Waals surface area contributed by atoms with Crippen molar-refractivity contribution in [2.75, 3.05) is 52.4 Å². The highest BCUT2D eigenvalue weighted by molar-refractivity contribution is 5.81. The third-order valence-corrected chi connectivity index (χ3v) is 6.60. The van der Waals surface area contributed by atoms with Crippen molar-refractivity contribution in [3.05, 3.63) is 35.9 Å². The molecule has 2 unspecified atom stereocenters. The molecule has 0 saturated carbocycles. The fraction of sp³-hybridized carbons (Fsp3) is 0.667. The molecule has 2 saturated heterocycles. The number of carbonyl (C=O) groups is 2. The number of nitrogens with zero attached hydrogens (tertiary/aromatic N) is 3. The number of amides is 2. The van der Waals surface area contributed by atoms with Gasteiger partial charge in [0.2, 0.25) is 11.8 Å². The highest BCUT2D eigenvalue weighted by atomic mass is 16.2. The molecular formula is C24H38N4O2. The van der Waals surface area contributed by atoms with Crippen molar-refractivity contribution in [3.8, 4) is 0 Å². The molecule has 0 bridgehead atoms. The molecule has 2 aliphatic rings. The first-order valence-electron chi connectivity index (χ1n) is 11.6. The maximum Gasteiger partial charge on any atom is 0.237 e. The fourth-order valence-corrected chi connectivity index (χ4v) is 4.39. The molecule has 30 heavy (non-hydrogen) atoms. The van der Waals surface area contributed by atoms with Gasteiger partial charge in [0.15, 0.2) is 0 Å². The second kappa shape index (κ2) is 11.5. The second-order valence-electron chi connectivity index (χ2n) is 8.84. The normalized spacial score (nSPS) is 20.9. The molecule has 2 amide bonds. The topological polar surface area (TPSA) is 55.9 Å². The Kier molecular flexibility index (Phi) is 8.70. The van der Waals surface area contributed by atoms with E-state index in [1.165, 1.54) is 18.4 Å². The molecule has 2 atom stereocenters. The molecule has 6 nitrogen and oxygen atoms in total. The number of likely N-dealkylation sites (tertiary alicyclic amines) is 1. The SMILES string of the molecule is CC(CNC(=O)C(C)N1CCN(CC(=O)N2CCCCCC2)CC1)c1ccccc1. The predicted octanol–water partition coefficient (Wildman–Crippen LogP) is 2.32. The predicted molar refractivity (Wildman–Crippen MR) is 120 cm³/mol. The van der Waals surface area contributed by atoms with Gasteiger partial charge in [0.1, 0.15) is 0 Å². The summed E-state index contributed by atoms with van der Waals surface area (Å²) in [5.74, 6) is 0.655. The molecule has 1 aromatic carbocycles. The number of benzene rings is 1. The number of carbonyl (C=O) groups excluding carboxylic acids is 2. The highest BCUT2D eigenvalue weighted by Gasteiger charge is 2.27. The van der Waals surface area contributed by atoms with Gasteiger partial charge in [-0.05, 0) is 31.2 Å². The summed E-state index contributed by atoms with van der Waals surface area (Å²) in [6.45, 7) is 10.5. The Hall–Kier alpha value is -1.92. The van der Waals surface area contributed by atoms with Crippen molar-refractivity contribution < 1.29 is 9.59 Å². The molecule has 2 fully saturated rings. The van der Waals surface area contributed by atoms with E-state index in [4.69, 9.17) is 0 Å². The maximum atomic E-state index is 12.6. The van der Waals surface area contributed by atoms with Crippen molar-refractivity contribution in [1.82, 2.24) is 20.0 Å². The minimum Gasteiger partial charge on any atom is -0.354 e. The van der Waals surface area contributed by atoms with Crippen molar-refractivity contribution >= 4 is 11.8 Å². The standard InChI is InChI=1S/C24H38N4O2/c1-20(22-10-6-5-7-11-22)18-25-24(30)21(2)27-16-14-26(15-17-27)19-23(29)28-12-8-3-4-9-13-28/h5-7,10-11,20-21H,3-4,8-9,12-19H2,1-2H3,(H,25,30). The van der Waals surface area contributed by atoms with E-state index in [9.17, 15) is 9.59 Å². The van der Waals surface area contributed by atoms with Gasteiger partial charge in [-0.15, -0.1) is 0 Å². The average molecular weight is 415 g/mol. The van der Waals surface area contributed by atoms with Gasteiger partial charge >= 0.3 is 0 Å². The van der Waals surface area contributed by atoms with E-state index in [-0.39, 0.29) is 17.9 Å². The monoisotopic (exact) mass is 414 g/mol. The van der Waals surface area contributed by atoms with Gasteiger partial charge in [0.05, 0.1) is 12.6 Å². The second-order valence-corrected chi connectivity index (χ2v) is 8.84. The van der Waals surface area contributed by atoms with Crippen LogP contribution in [0.25, 0.3) is 0 Å². The Balaban J connectivity index is 1.38. The lowest BCUT2D eigenvalue weighted by Gasteiger charge is -2.37. The van der Waals surface area contributed by atoms with E-state index >= 15 is 0 Å². The van der Waals surface area contributed by atoms with Crippen LogP contribution in [0.1, 0.15) is 51.0 Å². The Bertz CT molecular complexity index is 665. The van der Waals surface area contributed by atoms with E-state index in [1.54, 1.807) is 0 Å². The molecule has 3 rings (SSSR count). The lowest BCUT2D eigenvalue weighted by Crippen LogP contribution is -2.55. The van der Waals surface area contributed by atoms with Gasteiger partial charge < -0.3 is 10.2 Å². The third-order valence-electron chi connectivity index (χ3n) is 6.60. The maximum absolute atomic E-state index is 12.6. The van der Waals surface area contributed by atoms with Crippen LogP contribution in [-0.2, 0) is 9.59 Å². The van der Waals surface area contributed by atoms with E-state index in [2.05, 4.69) is 34.2 Å². The van der Waals surface area contributed by atoms with Crippen molar-refractivity contribution in [1.29, 1.82) is 0 Å². The number of nitrogens with one attached hydrogen (secondary N) is 1. The number of hydrogen-bond donors (Lipinski definition) is 1. The summed E-state index contributed by atoms with van der Waals surface area (Å²) in [4.78, 5) is 31.8. The number of rotatable bonds is 7. The van der Waals surface area contributed by atoms with Crippen LogP contribution in [0, 0.1) is 0 Å². The van der Waals surface area contributed by atoms with Gasteiger partial charge in [-0.3, -0.25) is 19.4 Å². The first-order chi connectivity index (χ1) is 14.5. The van der Waals surface area contributed by atoms with Crippen LogP contribution in [0.15, 0.2) is 30.3 Å². The van der Waals surface area contributed by atoms with E-state index in [0.29, 0.717) is 19.0 Å². The van der Waals surface area contributed by atoms with Gasteiger partial charge in [-0.2, -0.15) is 0 Å². The van der Waals surface area contributed by atoms with Crippen LogP contribution < -0.4 is 5.32 Å². The summed E-state index contributed by atoms with van der Waals surface area (Å²) in [6, 6.07) is 10.1. The van der Waals surface area contributed by atoms with E-state index < -0.39 is 0 Å². The molecule has 0 radical (unpaired) electrons. The van der Waals surface area contributed by atoms with Crippen LogP contribution in [0.2, 0.25) is 0 Å². The summed E-state index contributed by atoms with van der Waals surface area (Å²) in [7, 11) is 0. The molecular weight excluding hydrogens is 376 g/mol. The highest BCUT2D eigenvalue weighted by Crippen LogP contribution is 2.14. The van der Waals surface area contributed by atoms with E-state index in [1.807, 2.05) is 30.0 Å². The third kappa shape index (κ3) is 6.54. The summed E-state index contributed by atoms with van der Waals surface area (Å²) in [5, 5.41) is 3.12. The molecule has 2 aliphatic heterocycles. The lowest BCUT2D eigenvalue weighted by atomic mass is 10.0. The van der Waals surface area contributed by atoms with Crippen LogP contribution >= 0.6 is 0 Å². The van der Waals surface area contributed by atoms with Crippen molar-refractivity contribution in [3.63, 3.8) is 0 Å². The Morgan fingerprint density at radius 1 is 0.900 bits per heavy atom. The van der Waals surface area contributed by atoms with Gasteiger partial charge in [0, 0.05) is 45.8 Å². The Morgan fingerprint density at radius 2 is 1.53 bits per heavy atom. The summed E-state index contributed by atoms with van der Waals surface area (Å²) in [6.07, 6.45) is 4.75. The molecule has 6 heteroatoms. The van der Waals surface area contributed by atoms with Crippen molar-refractivity contribution in [2.45, 2.75) is 51.5 Å². The Labute approximate surface area is 181 Å². The lowest BCUT2D eigenvalue weighted by molar-refractivity contribution is -0.133. The average Bonchev–Trinajstić information content (AvgIpc) is 3.07. The molecule has 1 aromatic rings. The summed E-state index contributed by atoms with van der Waals surface area (Å²) < 4.78 is 0. The zero-order valence-corrected chi connectivity index (χ0v) is 18.7. The summed E-state index contributed by atoms with van der Waals surface area (Å²) in [5.41, 5.74) is 1.24. The number of hydrogen-bond acceptors (Lipinski definition) is 4. The van der Waals surface area contributed by atoms with Crippen LogP contribution in [-0.4, -0.2) is 84.9 Å². The van der Waals surface area contributed by atoms with Crippen LogP contribution in [0.3, 0.4) is 0 Å². The molecule has 0 aromatic heterocycles. The quantitative estimate of drug-likeness (QED) is 0.744. The zero-order valence-electron chi connectivity index (χ0n) is 18.7. The van der Waals surface area contributed by atoms with Crippen LogP contribution in [0.4, 0.5) is 0 Å². The first kappa shape index (κ1) is 22.8. The van der Waals surface area contributed by atoms with Crippen LogP contribution in [0.5, 0.6) is 0 Å². The minimum absolute atomic E-state index is 0.0897. The Morgan fingerprint density at radius 3 is 2.17 bits per heavy atom. The van der Waals surface area contributed by atoms with Gasteiger partial charge in [-0.1, -0.05) is 50.1 Å². The van der Waals surface area contributed by atoms with Gasteiger partial charge in [0.25, 0.3) is 0 Å². The van der Waals surface area contributed by atoms with E-state index in [0.717, 1.165) is 52.1 Å².